The minimum Gasteiger partial charge on any atom is -0.426 e. The third-order valence-electron chi connectivity index (χ3n) is 1.26. The Morgan fingerprint density at radius 3 is 2.31 bits per heavy atom. The lowest BCUT2D eigenvalue weighted by atomic mass is 10.3. The summed E-state index contributed by atoms with van der Waals surface area (Å²) in [5, 5.41) is 0. The van der Waals surface area contributed by atoms with Gasteiger partial charge in [0.25, 0.3) is 0 Å². The second kappa shape index (κ2) is 5.72. The number of para-hydroxylation sites is 1. The van der Waals surface area contributed by atoms with Gasteiger partial charge in [-0.15, -0.1) is 13.2 Å². The summed E-state index contributed by atoms with van der Waals surface area (Å²) in [7, 11) is -2.57. The van der Waals surface area contributed by atoms with Crippen molar-refractivity contribution in [3.8, 4) is 5.75 Å². The Morgan fingerprint density at radius 2 is 1.81 bits per heavy atom. The van der Waals surface area contributed by atoms with Crippen LogP contribution in [0.4, 0.5) is 13.2 Å². The van der Waals surface area contributed by atoms with Crippen molar-refractivity contribution < 1.29 is 26.7 Å². The van der Waals surface area contributed by atoms with E-state index in [9.17, 15) is 13.2 Å². The SMILES string of the molecule is C=COP(Oc1ccccc1)OC(F)(F)F. The van der Waals surface area contributed by atoms with Crippen molar-refractivity contribution in [2.75, 3.05) is 0 Å². The number of rotatable bonds is 5. The molecule has 0 saturated carbocycles. The van der Waals surface area contributed by atoms with Crippen LogP contribution >= 0.6 is 8.60 Å². The van der Waals surface area contributed by atoms with Gasteiger partial charge < -0.3 is 9.05 Å². The summed E-state index contributed by atoms with van der Waals surface area (Å²) < 4.78 is 48.8. The summed E-state index contributed by atoms with van der Waals surface area (Å²) in [6.07, 6.45) is -3.98. The van der Waals surface area contributed by atoms with E-state index in [1.807, 2.05) is 0 Å². The average Bonchev–Trinajstić information content (AvgIpc) is 2.17. The number of alkyl halides is 3. The minimum atomic E-state index is -4.82. The van der Waals surface area contributed by atoms with E-state index in [-0.39, 0.29) is 5.75 Å². The molecule has 0 radical (unpaired) electrons. The van der Waals surface area contributed by atoms with Gasteiger partial charge >= 0.3 is 15.0 Å². The Bertz CT molecular complexity index is 329. The molecule has 1 aromatic rings. The molecule has 0 amide bonds. The molecule has 0 fully saturated rings. The maximum Gasteiger partial charge on any atom is 0.530 e. The fourth-order valence-electron chi connectivity index (χ4n) is 0.774. The molecule has 16 heavy (non-hydrogen) atoms. The van der Waals surface area contributed by atoms with Gasteiger partial charge in [0, 0.05) is 0 Å². The van der Waals surface area contributed by atoms with Gasteiger partial charge in [-0.25, -0.2) is 0 Å². The van der Waals surface area contributed by atoms with Crippen LogP contribution in [0.5, 0.6) is 5.75 Å². The van der Waals surface area contributed by atoms with Crippen LogP contribution in [0.2, 0.25) is 0 Å². The first-order chi connectivity index (χ1) is 7.51. The van der Waals surface area contributed by atoms with Crippen LogP contribution in [0.25, 0.3) is 0 Å². The van der Waals surface area contributed by atoms with Crippen molar-refractivity contribution in [2.45, 2.75) is 6.36 Å². The maximum atomic E-state index is 11.9. The van der Waals surface area contributed by atoms with Crippen LogP contribution in [0.15, 0.2) is 43.2 Å². The third kappa shape index (κ3) is 5.00. The van der Waals surface area contributed by atoms with Gasteiger partial charge in [-0.2, -0.15) is 4.52 Å². The zero-order valence-corrected chi connectivity index (χ0v) is 8.87. The van der Waals surface area contributed by atoms with E-state index in [1.165, 1.54) is 12.1 Å². The predicted octanol–water partition coefficient (Wildman–Crippen LogP) is 3.99. The molecule has 1 rings (SSSR count). The molecule has 0 saturated heterocycles. The van der Waals surface area contributed by atoms with E-state index in [0.29, 0.717) is 0 Å². The molecule has 0 heterocycles. The van der Waals surface area contributed by atoms with Gasteiger partial charge in [-0.1, -0.05) is 24.8 Å². The van der Waals surface area contributed by atoms with Gasteiger partial charge in [-0.3, -0.25) is 0 Å². The van der Waals surface area contributed by atoms with E-state index in [0.717, 1.165) is 6.26 Å². The lowest BCUT2D eigenvalue weighted by Gasteiger charge is -2.16. The third-order valence-corrected chi connectivity index (χ3v) is 2.30. The molecule has 0 aliphatic rings. The highest BCUT2D eigenvalue weighted by Gasteiger charge is 2.37. The van der Waals surface area contributed by atoms with Crippen LogP contribution in [0.3, 0.4) is 0 Å². The topological polar surface area (TPSA) is 27.7 Å². The summed E-state index contributed by atoms with van der Waals surface area (Å²) >= 11 is 0. The quantitative estimate of drug-likeness (QED) is 0.585. The van der Waals surface area contributed by atoms with Crippen molar-refractivity contribution in [3.63, 3.8) is 0 Å². The molecular weight excluding hydrogens is 244 g/mol. The largest absolute Gasteiger partial charge is 0.530 e. The molecule has 1 atom stereocenters. The Morgan fingerprint density at radius 1 is 1.19 bits per heavy atom. The second-order valence-electron chi connectivity index (χ2n) is 2.44. The molecule has 0 aromatic heterocycles. The molecule has 1 aromatic carbocycles. The fraction of sp³-hybridized carbons (Fsp3) is 0.111. The van der Waals surface area contributed by atoms with Crippen LogP contribution in [-0.2, 0) is 9.05 Å². The maximum absolute atomic E-state index is 11.9. The highest BCUT2D eigenvalue weighted by atomic mass is 31.2. The van der Waals surface area contributed by atoms with Gasteiger partial charge in [-0.05, 0) is 12.1 Å². The molecule has 7 heteroatoms. The second-order valence-corrected chi connectivity index (χ2v) is 3.46. The van der Waals surface area contributed by atoms with Crippen molar-refractivity contribution in [3.05, 3.63) is 43.2 Å². The minimum absolute atomic E-state index is 0.222. The van der Waals surface area contributed by atoms with Crippen molar-refractivity contribution >= 4 is 8.60 Å². The number of halogens is 3. The molecule has 1 unspecified atom stereocenters. The van der Waals surface area contributed by atoms with Crippen LogP contribution in [-0.4, -0.2) is 6.36 Å². The standard InChI is InChI=1S/C9H8F3O3P/c1-2-13-16(15-9(10,11)12)14-8-6-4-3-5-7-8/h2-7H,1H2. The zero-order valence-electron chi connectivity index (χ0n) is 7.98. The van der Waals surface area contributed by atoms with Gasteiger partial charge in [0.2, 0.25) is 0 Å². The Balaban J connectivity index is 2.61. The molecule has 0 spiro atoms. The summed E-state index contributed by atoms with van der Waals surface area (Å²) in [6, 6.07) is 7.91. The first kappa shape index (κ1) is 12.8. The van der Waals surface area contributed by atoms with Crippen molar-refractivity contribution in [1.29, 1.82) is 0 Å². The first-order valence-electron chi connectivity index (χ1n) is 4.08. The number of hydrogen-bond acceptors (Lipinski definition) is 3. The monoisotopic (exact) mass is 252 g/mol. The van der Waals surface area contributed by atoms with E-state index in [4.69, 9.17) is 4.52 Å². The lowest BCUT2D eigenvalue weighted by molar-refractivity contribution is -0.277. The average molecular weight is 252 g/mol. The van der Waals surface area contributed by atoms with Crippen molar-refractivity contribution in [2.24, 2.45) is 0 Å². The number of benzene rings is 1. The van der Waals surface area contributed by atoms with Crippen LogP contribution in [0.1, 0.15) is 0 Å². The van der Waals surface area contributed by atoms with Crippen molar-refractivity contribution in [1.82, 2.24) is 0 Å². The number of hydrogen-bond donors (Lipinski definition) is 0. The highest BCUT2D eigenvalue weighted by molar-refractivity contribution is 7.42. The first-order valence-corrected chi connectivity index (χ1v) is 5.17. The fourth-order valence-corrected chi connectivity index (χ4v) is 1.48. The normalized spacial score (nSPS) is 12.9. The molecule has 0 aliphatic carbocycles. The van der Waals surface area contributed by atoms with Gasteiger partial charge in [0.05, 0.1) is 6.26 Å². The summed E-state index contributed by atoms with van der Waals surface area (Å²) in [5.74, 6) is 0.222. The lowest BCUT2D eigenvalue weighted by Crippen LogP contribution is -2.11. The Hall–Kier alpha value is -1.26. The molecule has 0 N–H and O–H groups in total. The summed E-state index contributed by atoms with van der Waals surface area (Å²) in [6.45, 7) is 3.14. The molecule has 88 valence electrons. The van der Waals surface area contributed by atoms with E-state index < -0.39 is 15.0 Å². The van der Waals surface area contributed by atoms with E-state index >= 15 is 0 Å². The van der Waals surface area contributed by atoms with Crippen LogP contribution in [0, 0.1) is 0 Å². The van der Waals surface area contributed by atoms with Gasteiger partial charge in [0.15, 0.2) is 0 Å². The molecular formula is C9H8F3O3P. The molecule has 0 bridgehead atoms. The molecule has 3 nitrogen and oxygen atoms in total. The smallest absolute Gasteiger partial charge is 0.426 e. The van der Waals surface area contributed by atoms with E-state index in [1.54, 1.807) is 18.2 Å². The molecule has 0 aliphatic heterocycles. The van der Waals surface area contributed by atoms with E-state index in [2.05, 4.69) is 15.6 Å². The summed E-state index contributed by atoms with van der Waals surface area (Å²) in [5.41, 5.74) is 0. The van der Waals surface area contributed by atoms with Gasteiger partial charge in [0.1, 0.15) is 5.75 Å². The summed E-state index contributed by atoms with van der Waals surface area (Å²) in [4.78, 5) is 0. The highest BCUT2D eigenvalue weighted by Crippen LogP contribution is 2.45. The Kier molecular flexibility index (Phi) is 4.58. The van der Waals surface area contributed by atoms with Crippen LogP contribution < -0.4 is 4.52 Å². The Labute approximate surface area is 91.4 Å². The predicted molar refractivity (Wildman–Crippen MR) is 52.4 cm³/mol. The zero-order chi connectivity index (χ0) is 12.0.